The Kier molecular flexibility index (Phi) is 2.89. The van der Waals surface area contributed by atoms with Gasteiger partial charge in [0.15, 0.2) is 0 Å². The lowest BCUT2D eigenvalue weighted by Crippen LogP contribution is -2.47. The van der Waals surface area contributed by atoms with Gasteiger partial charge in [0.2, 0.25) is 5.91 Å². The molecule has 1 heterocycles. The summed E-state index contributed by atoms with van der Waals surface area (Å²) in [5.41, 5.74) is 3.34. The number of hydrazine groups is 1. The first-order valence-electron chi connectivity index (χ1n) is 7.54. The Hall–Kier alpha value is -2.43. The molecule has 4 rings (SSSR count). The lowest BCUT2D eigenvalue weighted by molar-refractivity contribution is -0.149. The molecule has 0 aromatic heterocycles. The third-order valence-electron chi connectivity index (χ3n) is 4.91. The van der Waals surface area contributed by atoms with E-state index in [1.807, 2.05) is 42.5 Å². The molecule has 1 N–H and O–H groups in total. The van der Waals surface area contributed by atoms with Gasteiger partial charge in [0, 0.05) is 0 Å². The molecule has 2 aliphatic carbocycles. The quantitative estimate of drug-likeness (QED) is 0.670. The average Bonchev–Trinajstić information content (AvgIpc) is 3.18. The highest BCUT2D eigenvalue weighted by Crippen LogP contribution is 2.52. The van der Waals surface area contributed by atoms with Crippen LogP contribution in [0.25, 0.3) is 0 Å². The fraction of sp³-hybridized carbons (Fsp3) is 0.353. The summed E-state index contributed by atoms with van der Waals surface area (Å²) < 4.78 is 0. The molecule has 1 aliphatic heterocycles. The molecule has 22 heavy (non-hydrogen) atoms. The lowest BCUT2D eigenvalue weighted by Gasteiger charge is -2.17. The van der Waals surface area contributed by atoms with Crippen molar-refractivity contribution in [3.63, 3.8) is 0 Å². The normalized spacial score (nSPS) is 31.7. The van der Waals surface area contributed by atoms with Crippen LogP contribution in [-0.2, 0) is 20.8 Å². The van der Waals surface area contributed by atoms with Crippen LogP contribution in [0.1, 0.15) is 12.0 Å². The summed E-state index contributed by atoms with van der Waals surface area (Å²) in [4.78, 5) is 36.9. The van der Waals surface area contributed by atoms with Crippen molar-refractivity contribution in [2.24, 2.45) is 23.7 Å². The predicted octanol–water partition coefficient (Wildman–Crippen LogP) is 1.07. The molecule has 4 atom stereocenters. The number of hydrogen-bond acceptors (Lipinski definition) is 3. The van der Waals surface area contributed by atoms with Gasteiger partial charge in [0.25, 0.3) is 11.8 Å². The lowest BCUT2D eigenvalue weighted by atomic mass is 9.85. The smallest absolute Gasteiger partial charge is 0.252 e. The molecular weight excluding hydrogens is 280 g/mol. The van der Waals surface area contributed by atoms with E-state index in [2.05, 4.69) is 5.43 Å². The van der Waals surface area contributed by atoms with Crippen LogP contribution in [-0.4, -0.2) is 22.7 Å². The Bertz CT molecular complexity index is 652. The fourth-order valence-electron chi connectivity index (χ4n) is 3.96. The van der Waals surface area contributed by atoms with Gasteiger partial charge in [-0.25, -0.2) is 0 Å². The van der Waals surface area contributed by atoms with Crippen LogP contribution in [0.4, 0.5) is 0 Å². The fourth-order valence-corrected chi connectivity index (χ4v) is 3.96. The third-order valence-corrected chi connectivity index (χ3v) is 4.91. The van der Waals surface area contributed by atoms with E-state index < -0.39 is 0 Å². The van der Waals surface area contributed by atoms with Crippen molar-refractivity contribution in [1.82, 2.24) is 10.4 Å². The monoisotopic (exact) mass is 296 g/mol. The van der Waals surface area contributed by atoms with Gasteiger partial charge < -0.3 is 0 Å². The van der Waals surface area contributed by atoms with E-state index in [0.717, 1.165) is 17.0 Å². The highest BCUT2D eigenvalue weighted by atomic mass is 16.2. The van der Waals surface area contributed by atoms with Gasteiger partial charge in [-0.1, -0.05) is 42.5 Å². The molecule has 5 heteroatoms. The maximum absolute atomic E-state index is 12.4. The van der Waals surface area contributed by atoms with Crippen LogP contribution in [0.5, 0.6) is 0 Å². The molecule has 3 amide bonds. The summed E-state index contributed by atoms with van der Waals surface area (Å²) in [5, 5.41) is 0.951. The Balaban J connectivity index is 1.47. The molecule has 0 radical (unpaired) electrons. The zero-order valence-electron chi connectivity index (χ0n) is 11.9. The van der Waals surface area contributed by atoms with Crippen molar-refractivity contribution in [1.29, 1.82) is 0 Å². The van der Waals surface area contributed by atoms with Crippen LogP contribution in [0, 0.1) is 23.7 Å². The first-order valence-corrected chi connectivity index (χ1v) is 7.54. The molecule has 112 valence electrons. The molecule has 1 saturated heterocycles. The van der Waals surface area contributed by atoms with Gasteiger partial charge in [0.05, 0.1) is 18.3 Å². The van der Waals surface area contributed by atoms with Crippen molar-refractivity contribution in [2.45, 2.75) is 12.8 Å². The summed E-state index contributed by atoms with van der Waals surface area (Å²) >= 11 is 0. The second-order valence-electron chi connectivity index (χ2n) is 6.21. The minimum atomic E-state index is -0.340. The molecule has 1 aromatic carbocycles. The number of fused-ring (bicyclic) bond motifs is 5. The summed E-state index contributed by atoms with van der Waals surface area (Å²) in [5.74, 6) is -1.10. The first-order chi connectivity index (χ1) is 10.6. The Morgan fingerprint density at radius 3 is 2.23 bits per heavy atom. The second kappa shape index (κ2) is 4.80. The van der Waals surface area contributed by atoms with Crippen molar-refractivity contribution in [2.75, 3.05) is 0 Å². The van der Waals surface area contributed by atoms with E-state index in [1.54, 1.807) is 0 Å². The Morgan fingerprint density at radius 2 is 1.64 bits per heavy atom. The number of amides is 3. The van der Waals surface area contributed by atoms with Crippen molar-refractivity contribution < 1.29 is 14.4 Å². The zero-order chi connectivity index (χ0) is 15.3. The van der Waals surface area contributed by atoms with Crippen LogP contribution >= 0.6 is 0 Å². The molecule has 2 fully saturated rings. The summed E-state index contributed by atoms with van der Waals surface area (Å²) in [6.07, 6.45) is 5.11. The van der Waals surface area contributed by atoms with Crippen LogP contribution in [0.15, 0.2) is 42.5 Å². The summed E-state index contributed by atoms with van der Waals surface area (Å²) in [6.45, 7) is 0. The van der Waals surface area contributed by atoms with E-state index in [4.69, 9.17) is 0 Å². The van der Waals surface area contributed by atoms with E-state index in [0.29, 0.717) is 0 Å². The van der Waals surface area contributed by atoms with E-state index in [-0.39, 0.29) is 47.8 Å². The number of carbonyl (C=O) groups excluding carboxylic acids is 3. The van der Waals surface area contributed by atoms with E-state index in [1.165, 1.54) is 0 Å². The number of rotatable bonds is 3. The van der Waals surface area contributed by atoms with Gasteiger partial charge in [-0.2, -0.15) is 5.01 Å². The topological polar surface area (TPSA) is 66.5 Å². The number of allylic oxidation sites excluding steroid dienone is 2. The molecule has 0 unspecified atom stereocenters. The highest BCUT2D eigenvalue weighted by Gasteiger charge is 2.59. The van der Waals surface area contributed by atoms with Gasteiger partial charge in [-0.05, 0) is 23.8 Å². The SMILES string of the molecule is O=C(Cc1ccccc1)NN1C(=O)[C@@H]2[C@H](C1=O)[C@H]1C=C[C@@H]2C1. The van der Waals surface area contributed by atoms with Gasteiger partial charge in [-0.3, -0.25) is 19.8 Å². The second-order valence-corrected chi connectivity index (χ2v) is 6.21. The van der Waals surface area contributed by atoms with Crippen LogP contribution in [0.2, 0.25) is 0 Å². The minimum absolute atomic E-state index is 0.151. The van der Waals surface area contributed by atoms with Crippen molar-refractivity contribution in [3.8, 4) is 0 Å². The van der Waals surface area contributed by atoms with Crippen LogP contribution in [0.3, 0.4) is 0 Å². The zero-order valence-corrected chi connectivity index (χ0v) is 11.9. The highest BCUT2D eigenvalue weighted by molar-refractivity contribution is 6.07. The Morgan fingerprint density at radius 1 is 1.05 bits per heavy atom. The molecule has 0 spiro atoms. The third kappa shape index (κ3) is 1.89. The van der Waals surface area contributed by atoms with Crippen molar-refractivity contribution >= 4 is 17.7 Å². The Labute approximate surface area is 128 Å². The number of nitrogens with zero attached hydrogens (tertiary/aromatic N) is 1. The van der Waals surface area contributed by atoms with E-state index >= 15 is 0 Å². The number of imide groups is 1. The number of carbonyl (C=O) groups is 3. The van der Waals surface area contributed by atoms with Gasteiger partial charge >= 0.3 is 0 Å². The van der Waals surface area contributed by atoms with Crippen molar-refractivity contribution in [3.05, 3.63) is 48.0 Å². The van der Waals surface area contributed by atoms with Crippen LogP contribution < -0.4 is 5.43 Å². The molecule has 1 aromatic rings. The average molecular weight is 296 g/mol. The molecule has 5 nitrogen and oxygen atoms in total. The van der Waals surface area contributed by atoms with Gasteiger partial charge in [-0.15, -0.1) is 0 Å². The molecule has 3 aliphatic rings. The predicted molar refractivity (Wildman–Crippen MR) is 77.9 cm³/mol. The van der Waals surface area contributed by atoms with E-state index in [9.17, 15) is 14.4 Å². The number of benzene rings is 1. The van der Waals surface area contributed by atoms with Gasteiger partial charge in [0.1, 0.15) is 0 Å². The maximum Gasteiger partial charge on any atom is 0.252 e. The molecular formula is C17H16N2O3. The number of hydrogen-bond donors (Lipinski definition) is 1. The minimum Gasteiger partial charge on any atom is -0.273 e. The summed E-state index contributed by atoms with van der Waals surface area (Å²) in [7, 11) is 0. The standard InChI is InChI=1S/C17H16N2O3/c20-13(8-10-4-2-1-3-5-10)18-19-16(21)14-11-6-7-12(9-11)15(14)17(19)22/h1-7,11-12,14-15H,8-9H2,(H,18,20)/t11-,12+,14+,15-. The number of nitrogens with one attached hydrogen (secondary N) is 1. The molecule has 1 saturated carbocycles. The summed E-state index contributed by atoms with van der Waals surface area (Å²) in [6, 6.07) is 9.25. The first kappa shape index (κ1) is 13.2. The molecule has 2 bridgehead atoms. The largest absolute Gasteiger partial charge is 0.273 e. The maximum atomic E-state index is 12.4.